The molecule has 1 aromatic rings. The number of hydrogen-bond acceptors (Lipinski definition) is 3. The van der Waals surface area contributed by atoms with E-state index in [9.17, 15) is 9.59 Å². The van der Waals surface area contributed by atoms with E-state index in [1.165, 1.54) is 0 Å². The molecule has 2 rings (SSSR count). The minimum Gasteiger partial charge on any atom is -0.384 e. The van der Waals surface area contributed by atoms with Gasteiger partial charge in [0, 0.05) is 31.4 Å². The molecule has 1 aromatic carbocycles. The van der Waals surface area contributed by atoms with Crippen LogP contribution in [0, 0.1) is 0 Å². The van der Waals surface area contributed by atoms with Crippen LogP contribution in [0.5, 0.6) is 0 Å². The standard InChI is InChI=1S/C15H21N3O2/c1-4-18(3)15(20)10(2)17-14(19)12-5-6-13-11(9-12)7-8-16-13/h5-6,9-10,16H,4,7-8H2,1-3H3,(H,17,19). The van der Waals surface area contributed by atoms with E-state index in [2.05, 4.69) is 10.6 Å². The van der Waals surface area contributed by atoms with Gasteiger partial charge in [-0.25, -0.2) is 0 Å². The first-order valence-electron chi connectivity index (χ1n) is 6.95. The first-order valence-corrected chi connectivity index (χ1v) is 6.95. The predicted molar refractivity (Wildman–Crippen MR) is 78.9 cm³/mol. The van der Waals surface area contributed by atoms with E-state index in [0.717, 1.165) is 24.2 Å². The van der Waals surface area contributed by atoms with Crippen LogP contribution < -0.4 is 10.6 Å². The Morgan fingerprint density at radius 2 is 2.20 bits per heavy atom. The van der Waals surface area contributed by atoms with Gasteiger partial charge in [-0.05, 0) is 44.0 Å². The van der Waals surface area contributed by atoms with Gasteiger partial charge < -0.3 is 15.5 Å². The van der Waals surface area contributed by atoms with Crippen LogP contribution in [0.25, 0.3) is 0 Å². The SMILES string of the molecule is CCN(C)C(=O)C(C)NC(=O)c1ccc2c(c1)CCN2. The molecular weight excluding hydrogens is 254 g/mol. The summed E-state index contributed by atoms with van der Waals surface area (Å²) in [4.78, 5) is 25.7. The van der Waals surface area contributed by atoms with Crippen LogP contribution >= 0.6 is 0 Å². The molecule has 0 aliphatic carbocycles. The molecule has 0 radical (unpaired) electrons. The van der Waals surface area contributed by atoms with E-state index in [1.807, 2.05) is 19.1 Å². The van der Waals surface area contributed by atoms with Gasteiger partial charge in [-0.15, -0.1) is 0 Å². The van der Waals surface area contributed by atoms with Gasteiger partial charge in [0.1, 0.15) is 6.04 Å². The predicted octanol–water partition coefficient (Wildman–Crippen LogP) is 1.25. The van der Waals surface area contributed by atoms with Gasteiger partial charge in [0.05, 0.1) is 0 Å². The number of benzene rings is 1. The normalized spacial score (nSPS) is 14.2. The molecule has 0 spiro atoms. The van der Waals surface area contributed by atoms with Gasteiger partial charge in [-0.2, -0.15) is 0 Å². The molecule has 1 unspecified atom stereocenters. The monoisotopic (exact) mass is 275 g/mol. The topological polar surface area (TPSA) is 61.4 Å². The highest BCUT2D eigenvalue weighted by molar-refractivity contribution is 5.98. The summed E-state index contributed by atoms with van der Waals surface area (Å²) in [6.07, 6.45) is 0.934. The molecule has 0 bridgehead atoms. The highest BCUT2D eigenvalue weighted by Crippen LogP contribution is 2.22. The molecule has 0 saturated carbocycles. The summed E-state index contributed by atoms with van der Waals surface area (Å²) >= 11 is 0. The third kappa shape index (κ3) is 2.92. The number of anilines is 1. The van der Waals surface area contributed by atoms with E-state index in [-0.39, 0.29) is 11.8 Å². The number of nitrogens with one attached hydrogen (secondary N) is 2. The van der Waals surface area contributed by atoms with E-state index in [1.54, 1.807) is 24.9 Å². The smallest absolute Gasteiger partial charge is 0.251 e. The molecule has 2 N–H and O–H groups in total. The lowest BCUT2D eigenvalue weighted by atomic mass is 10.1. The fourth-order valence-corrected chi connectivity index (χ4v) is 2.27. The van der Waals surface area contributed by atoms with Crippen molar-refractivity contribution in [2.75, 3.05) is 25.5 Å². The molecule has 1 atom stereocenters. The molecule has 108 valence electrons. The summed E-state index contributed by atoms with van der Waals surface area (Å²) in [7, 11) is 1.73. The lowest BCUT2D eigenvalue weighted by molar-refractivity contribution is -0.131. The summed E-state index contributed by atoms with van der Waals surface area (Å²) in [5.74, 6) is -0.284. The summed E-state index contributed by atoms with van der Waals surface area (Å²) in [5, 5.41) is 6.01. The van der Waals surface area contributed by atoms with Crippen molar-refractivity contribution in [3.63, 3.8) is 0 Å². The van der Waals surface area contributed by atoms with Crippen molar-refractivity contribution in [3.8, 4) is 0 Å². The Morgan fingerprint density at radius 3 is 2.90 bits per heavy atom. The van der Waals surface area contributed by atoms with E-state index in [0.29, 0.717) is 12.1 Å². The summed E-state index contributed by atoms with van der Waals surface area (Å²) < 4.78 is 0. The van der Waals surface area contributed by atoms with Gasteiger partial charge in [-0.3, -0.25) is 9.59 Å². The average molecular weight is 275 g/mol. The molecule has 2 amide bonds. The van der Waals surface area contributed by atoms with Crippen molar-refractivity contribution in [1.82, 2.24) is 10.2 Å². The van der Waals surface area contributed by atoms with Gasteiger partial charge in [0.25, 0.3) is 5.91 Å². The van der Waals surface area contributed by atoms with E-state index < -0.39 is 6.04 Å². The molecule has 5 nitrogen and oxygen atoms in total. The van der Waals surface area contributed by atoms with Crippen molar-refractivity contribution in [3.05, 3.63) is 29.3 Å². The second-order valence-corrected chi connectivity index (χ2v) is 5.10. The maximum absolute atomic E-state index is 12.2. The van der Waals surface area contributed by atoms with Gasteiger partial charge in [0.2, 0.25) is 5.91 Å². The van der Waals surface area contributed by atoms with Crippen LogP contribution in [-0.2, 0) is 11.2 Å². The number of hydrogen-bond donors (Lipinski definition) is 2. The molecule has 1 aliphatic heterocycles. The Labute approximate surface area is 119 Å². The van der Waals surface area contributed by atoms with Crippen molar-refractivity contribution in [2.24, 2.45) is 0 Å². The fourth-order valence-electron chi connectivity index (χ4n) is 2.27. The van der Waals surface area contributed by atoms with Gasteiger partial charge in [-0.1, -0.05) is 0 Å². The summed E-state index contributed by atoms with van der Waals surface area (Å²) in [6, 6.07) is 5.08. The van der Waals surface area contributed by atoms with E-state index >= 15 is 0 Å². The van der Waals surface area contributed by atoms with Crippen molar-refractivity contribution in [1.29, 1.82) is 0 Å². The Kier molecular flexibility index (Phi) is 4.27. The van der Waals surface area contributed by atoms with Crippen LogP contribution in [0.3, 0.4) is 0 Å². The fraction of sp³-hybridized carbons (Fsp3) is 0.467. The number of carbonyl (C=O) groups excluding carboxylic acids is 2. The Morgan fingerprint density at radius 1 is 1.45 bits per heavy atom. The highest BCUT2D eigenvalue weighted by Gasteiger charge is 2.20. The Hall–Kier alpha value is -2.04. The quantitative estimate of drug-likeness (QED) is 0.869. The number of fused-ring (bicyclic) bond motifs is 1. The number of carbonyl (C=O) groups is 2. The first-order chi connectivity index (χ1) is 9.52. The zero-order chi connectivity index (χ0) is 14.7. The number of likely N-dealkylation sites (N-methyl/N-ethyl adjacent to an activating group) is 1. The lowest BCUT2D eigenvalue weighted by Gasteiger charge is -2.20. The molecule has 0 aromatic heterocycles. The second kappa shape index (κ2) is 5.94. The molecule has 0 saturated heterocycles. The number of amides is 2. The van der Waals surface area contributed by atoms with Crippen LogP contribution in [-0.4, -0.2) is 42.9 Å². The first kappa shape index (κ1) is 14.4. The third-order valence-electron chi connectivity index (χ3n) is 3.65. The largest absolute Gasteiger partial charge is 0.384 e. The number of nitrogens with zero attached hydrogens (tertiary/aromatic N) is 1. The van der Waals surface area contributed by atoms with Crippen LogP contribution in [0.15, 0.2) is 18.2 Å². The van der Waals surface area contributed by atoms with Crippen molar-refractivity contribution >= 4 is 17.5 Å². The van der Waals surface area contributed by atoms with Gasteiger partial charge in [0.15, 0.2) is 0 Å². The maximum atomic E-state index is 12.2. The minimum absolute atomic E-state index is 0.0799. The van der Waals surface area contributed by atoms with Crippen LogP contribution in [0.1, 0.15) is 29.8 Å². The zero-order valence-electron chi connectivity index (χ0n) is 12.2. The molecule has 1 heterocycles. The summed E-state index contributed by atoms with van der Waals surface area (Å²) in [6.45, 7) is 5.15. The average Bonchev–Trinajstić information content (AvgIpc) is 2.92. The highest BCUT2D eigenvalue weighted by atomic mass is 16.2. The summed E-state index contributed by atoms with van der Waals surface area (Å²) in [5.41, 5.74) is 2.85. The Bertz CT molecular complexity index is 528. The molecule has 20 heavy (non-hydrogen) atoms. The molecule has 5 heteroatoms. The molecule has 0 fully saturated rings. The second-order valence-electron chi connectivity index (χ2n) is 5.10. The molecular formula is C15H21N3O2. The van der Waals surface area contributed by atoms with Crippen LogP contribution in [0.4, 0.5) is 5.69 Å². The lowest BCUT2D eigenvalue weighted by Crippen LogP contribution is -2.45. The van der Waals surface area contributed by atoms with Gasteiger partial charge >= 0.3 is 0 Å². The van der Waals surface area contributed by atoms with E-state index in [4.69, 9.17) is 0 Å². The minimum atomic E-state index is -0.515. The van der Waals surface area contributed by atoms with Crippen molar-refractivity contribution in [2.45, 2.75) is 26.3 Å². The van der Waals surface area contributed by atoms with Crippen molar-refractivity contribution < 1.29 is 9.59 Å². The maximum Gasteiger partial charge on any atom is 0.251 e. The third-order valence-corrected chi connectivity index (χ3v) is 3.65. The zero-order valence-corrected chi connectivity index (χ0v) is 12.2. The number of rotatable bonds is 4. The Balaban J connectivity index is 2.03. The molecule has 1 aliphatic rings. The van der Waals surface area contributed by atoms with Crippen LogP contribution in [0.2, 0.25) is 0 Å².